The van der Waals surface area contributed by atoms with E-state index in [2.05, 4.69) is 5.32 Å². The molecule has 1 aliphatic carbocycles. The van der Waals surface area contributed by atoms with E-state index in [1.54, 1.807) is 4.90 Å². The summed E-state index contributed by atoms with van der Waals surface area (Å²) in [5, 5.41) is 2.73. The standard InChI is InChI=1S/C28H28ClF3N2O2/c1-17-8-6-9-18(2)24(17)27(36)34-15-7-12-21(25(34)19-10-4-3-5-11-19)26(35)33-23-16-20(28(30,31)32)13-14-22(23)29/h3-6,8-11,14,16,20-21,25H,7,12-13,15H2,1-2H3,(H,33,35)/t20?,21-,25-/m0/s1. The zero-order valence-corrected chi connectivity index (χ0v) is 20.9. The van der Waals surface area contributed by atoms with E-state index in [4.69, 9.17) is 11.6 Å². The molecule has 0 aromatic heterocycles. The van der Waals surface area contributed by atoms with Crippen molar-refractivity contribution in [1.82, 2.24) is 10.2 Å². The van der Waals surface area contributed by atoms with Gasteiger partial charge in [-0.25, -0.2) is 0 Å². The van der Waals surface area contributed by atoms with Gasteiger partial charge in [-0.2, -0.15) is 13.2 Å². The SMILES string of the molecule is Cc1cccc(C)c1C(=O)N1CCC[C@H](C(=O)NC2=CC(C(F)(F)F)CC=C2Cl)[C@@H]1c1ccccc1. The lowest BCUT2D eigenvalue weighted by molar-refractivity contribution is -0.160. The van der Waals surface area contributed by atoms with Gasteiger partial charge in [-0.1, -0.05) is 66.2 Å². The molecule has 1 unspecified atom stereocenters. The molecule has 1 fully saturated rings. The van der Waals surface area contributed by atoms with Crippen LogP contribution in [-0.2, 0) is 4.79 Å². The van der Waals surface area contributed by atoms with Crippen LogP contribution in [0.15, 0.2) is 71.4 Å². The Bertz CT molecular complexity index is 1190. The maximum atomic E-state index is 13.8. The summed E-state index contributed by atoms with van der Waals surface area (Å²) in [7, 11) is 0. The molecule has 2 amide bonds. The van der Waals surface area contributed by atoms with Gasteiger partial charge in [0.2, 0.25) is 5.91 Å². The molecular formula is C28H28ClF3N2O2. The Labute approximate surface area is 213 Å². The second-order valence-electron chi connectivity index (χ2n) is 9.38. The predicted molar refractivity (Wildman–Crippen MR) is 133 cm³/mol. The van der Waals surface area contributed by atoms with E-state index < -0.39 is 30.0 Å². The van der Waals surface area contributed by atoms with Gasteiger partial charge in [-0.3, -0.25) is 9.59 Å². The van der Waals surface area contributed by atoms with Gasteiger partial charge in [0.15, 0.2) is 0 Å². The van der Waals surface area contributed by atoms with Gasteiger partial charge in [0, 0.05) is 12.1 Å². The molecular weight excluding hydrogens is 489 g/mol. The van der Waals surface area contributed by atoms with Crippen molar-refractivity contribution in [3.8, 4) is 0 Å². The molecule has 8 heteroatoms. The molecule has 0 bridgehead atoms. The second kappa shape index (κ2) is 10.5. The number of carbonyl (C=O) groups excluding carboxylic acids is 2. The summed E-state index contributed by atoms with van der Waals surface area (Å²) in [5.74, 6) is -2.99. The van der Waals surface area contributed by atoms with Crippen LogP contribution in [0.3, 0.4) is 0 Å². The third-order valence-electron chi connectivity index (χ3n) is 6.92. The van der Waals surface area contributed by atoms with E-state index in [0.29, 0.717) is 24.9 Å². The van der Waals surface area contributed by atoms with Gasteiger partial charge in [0.25, 0.3) is 5.91 Å². The fraction of sp³-hybridized carbons (Fsp3) is 0.357. The van der Waals surface area contributed by atoms with E-state index >= 15 is 0 Å². The number of benzene rings is 2. The zero-order chi connectivity index (χ0) is 26.0. The fourth-order valence-corrected chi connectivity index (χ4v) is 5.30. The van der Waals surface area contributed by atoms with E-state index in [9.17, 15) is 22.8 Å². The maximum absolute atomic E-state index is 13.8. The molecule has 1 N–H and O–H groups in total. The Morgan fingerprint density at radius 3 is 2.33 bits per heavy atom. The summed E-state index contributed by atoms with van der Waals surface area (Å²) in [6, 6.07) is 14.4. The topological polar surface area (TPSA) is 49.4 Å². The van der Waals surface area contributed by atoms with Crippen molar-refractivity contribution in [3.63, 3.8) is 0 Å². The number of allylic oxidation sites excluding steroid dienone is 3. The minimum atomic E-state index is -4.43. The van der Waals surface area contributed by atoms with Gasteiger partial charge in [-0.15, -0.1) is 0 Å². The smallest absolute Gasteiger partial charge is 0.331 e. The van der Waals surface area contributed by atoms with E-state index in [1.807, 2.05) is 62.4 Å². The van der Waals surface area contributed by atoms with Gasteiger partial charge in [0.05, 0.1) is 28.6 Å². The summed E-state index contributed by atoms with van der Waals surface area (Å²) >= 11 is 6.17. The van der Waals surface area contributed by atoms with Crippen molar-refractivity contribution < 1.29 is 22.8 Å². The molecule has 0 spiro atoms. The number of carbonyl (C=O) groups is 2. The average Bonchev–Trinajstić information content (AvgIpc) is 2.84. The summed E-state index contributed by atoms with van der Waals surface area (Å²) in [4.78, 5) is 29.1. The first kappa shape index (κ1) is 26.0. The number of rotatable bonds is 4. The Morgan fingerprint density at radius 1 is 1.03 bits per heavy atom. The number of aryl methyl sites for hydroxylation is 2. The fourth-order valence-electron chi connectivity index (χ4n) is 5.10. The molecule has 2 aromatic rings. The molecule has 1 heterocycles. The summed E-state index contributed by atoms with van der Waals surface area (Å²) in [6.45, 7) is 4.23. The molecule has 0 radical (unpaired) electrons. The van der Waals surface area contributed by atoms with Crippen molar-refractivity contribution in [2.75, 3.05) is 6.54 Å². The highest BCUT2D eigenvalue weighted by molar-refractivity contribution is 6.32. The number of piperidine rings is 1. The van der Waals surface area contributed by atoms with E-state index in [1.165, 1.54) is 6.08 Å². The van der Waals surface area contributed by atoms with Crippen molar-refractivity contribution >= 4 is 23.4 Å². The third-order valence-corrected chi connectivity index (χ3v) is 7.28. The monoisotopic (exact) mass is 516 g/mol. The highest BCUT2D eigenvalue weighted by Gasteiger charge is 2.42. The van der Waals surface area contributed by atoms with Gasteiger partial charge in [0.1, 0.15) is 0 Å². The molecule has 190 valence electrons. The van der Waals surface area contributed by atoms with Crippen LogP contribution >= 0.6 is 11.6 Å². The molecule has 2 aromatic carbocycles. The molecule has 4 rings (SSSR count). The van der Waals surface area contributed by atoms with Crippen LogP contribution < -0.4 is 5.32 Å². The second-order valence-corrected chi connectivity index (χ2v) is 9.78. The molecule has 0 saturated carbocycles. The van der Waals surface area contributed by atoms with Gasteiger partial charge in [-0.05, 0) is 55.9 Å². The Morgan fingerprint density at radius 2 is 1.69 bits per heavy atom. The van der Waals surface area contributed by atoms with Crippen molar-refractivity contribution in [3.05, 3.63) is 93.7 Å². The summed E-state index contributed by atoms with van der Waals surface area (Å²) in [5.41, 5.74) is 3.06. The van der Waals surface area contributed by atoms with Crippen LogP contribution in [0.5, 0.6) is 0 Å². The molecule has 1 saturated heterocycles. The molecule has 3 atom stereocenters. The zero-order valence-electron chi connectivity index (χ0n) is 20.1. The van der Waals surface area contributed by atoms with Crippen LogP contribution in [0.25, 0.3) is 0 Å². The predicted octanol–water partition coefficient (Wildman–Crippen LogP) is 6.60. The van der Waals surface area contributed by atoms with Crippen molar-refractivity contribution in [2.45, 2.75) is 45.3 Å². The van der Waals surface area contributed by atoms with Crippen LogP contribution in [0.4, 0.5) is 13.2 Å². The van der Waals surface area contributed by atoms with Crippen LogP contribution in [0.1, 0.15) is 52.4 Å². The Kier molecular flexibility index (Phi) is 7.59. The minimum absolute atomic E-state index is 0.0414. The number of likely N-dealkylation sites (tertiary alicyclic amines) is 1. The van der Waals surface area contributed by atoms with Crippen LogP contribution in [0.2, 0.25) is 0 Å². The first-order chi connectivity index (χ1) is 17.1. The highest BCUT2D eigenvalue weighted by Crippen LogP contribution is 2.39. The number of halogens is 4. The summed E-state index contributed by atoms with van der Waals surface area (Å²) < 4.78 is 39.9. The first-order valence-electron chi connectivity index (χ1n) is 12.0. The van der Waals surface area contributed by atoms with Crippen LogP contribution in [-0.4, -0.2) is 29.4 Å². The number of hydrogen-bond donors (Lipinski definition) is 1. The largest absolute Gasteiger partial charge is 0.395 e. The number of alkyl halides is 3. The number of amides is 2. The highest BCUT2D eigenvalue weighted by atomic mass is 35.5. The molecule has 2 aliphatic rings. The number of nitrogens with one attached hydrogen (secondary N) is 1. The van der Waals surface area contributed by atoms with E-state index in [-0.39, 0.29) is 23.1 Å². The molecule has 1 aliphatic heterocycles. The minimum Gasteiger partial charge on any atom is -0.331 e. The van der Waals surface area contributed by atoms with Crippen LogP contribution in [0, 0.1) is 25.7 Å². The third kappa shape index (κ3) is 5.36. The lowest BCUT2D eigenvalue weighted by Crippen LogP contribution is -2.48. The quantitative estimate of drug-likeness (QED) is 0.497. The normalized spacial score (nSPS) is 22.5. The molecule has 4 nitrogen and oxygen atoms in total. The summed E-state index contributed by atoms with van der Waals surface area (Å²) in [6.07, 6.45) is -1.38. The van der Waals surface area contributed by atoms with Gasteiger partial charge < -0.3 is 10.2 Å². The van der Waals surface area contributed by atoms with Crippen molar-refractivity contribution in [2.24, 2.45) is 11.8 Å². The maximum Gasteiger partial charge on any atom is 0.395 e. The Balaban J connectivity index is 1.68. The number of hydrogen-bond acceptors (Lipinski definition) is 2. The lowest BCUT2D eigenvalue weighted by atomic mass is 9.83. The van der Waals surface area contributed by atoms with Gasteiger partial charge >= 0.3 is 6.18 Å². The Hall–Kier alpha value is -3.06. The first-order valence-corrected chi connectivity index (χ1v) is 12.3. The lowest BCUT2D eigenvalue weighted by Gasteiger charge is -2.41. The van der Waals surface area contributed by atoms with Crippen molar-refractivity contribution in [1.29, 1.82) is 0 Å². The molecule has 36 heavy (non-hydrogen) atoms. The average molecular weight is 517 g/mol. The van der Waals surface area contributed by atoms with E-state index in [0.717, 1.165) is 22.8 Å². The number of nitrogens with zero attached hydrogens (tertiary/aromatic N) is 1.